The minimum atomic E-state index is 0.711. The first-order valence-electron chi connectivity index (χ1n) is 18.8. The summed E-state index contributed by atoms with van der Waals surface area (Å²) in [6.45, 7) is 21.5. The third-order valence-corrected chi connectivity index (χ3v) is 12.8. The summed E-state index contributed by atoms with van der Waals surface area (Å²) >= 11 is 0. The van der Waals surface area contributed by atoms with Crippen molar-refractivity contribution >= 4 is 0 Å². The molecule has 0 aromatic heterocycles. The van der Waals surface area contributed by atoms with Crippen molar-refractivity contribution < 1.29 is 0 Å². The van der Waals surface area contributed by atoms with Gasteiger partial charge in [0, 0.05) is 17.8 Å². The number of allylic oxidation sites excluding steroid dienone is 8. The summed E-state index contributed by atoms with van der Waals surface area (Å²) < 4.78 is 0. The van der Waals surface area contributed by atoms with Crippen LogP contribution in [0.4, 0.5) is 0 Å². The topological polar surface area (TPSA) is 0 Å². The Balaban J connectivity index is 0.00000165. The molecule has 6 aliphatic carbocycles. The van der Waals surface area contributed by atoms with E-state index in [-0.39, 0.29) is 0 Å². The van der Waals surface area contributed by atoms with E-state index in [4.69, 9.17) is 0 Å². The van der Waals surface area contributed by atoms with Gasteiger partial charge in [0.05, 0.1) is 0 Å². The fourth-order valence-electron chi connectivity index (χ4n) is 11.9. The molecule has 6 aliphatic rings. The lowest BCUT2D eigenvalue weighted by Gasteiger charge is -2.63. The Bertz CT molecular complexity index is 1070. The van der Waals surface area contributed by atoms with E-state index in [9.17, 15) is 0 Å². The average Bonchev–Trinajstić information content (AvgIpc) is 2.97. The van der Waals surface area contributed by atoms with Gasteiger partial charge in [-0.15, -0.1) is 0 Å². The van der Waals surface area contributed by atoms with Gasteiger partial charge in [0.15, 0.2) is 0 Å². The van der Waals surface area contributed by atoms with Crippen LogP contribution in [0.3, 0.4) is 0 Å². The smallest absolute Gasteiger partial charge is 0.0122 e. The Hall–Kier alpha value is -1.04. The van der Waals surface area contributed by atoms with E-state index in [1.54, 1.807) is 5.57 Å². The molecule has 0 amide bonds. The van der Waals surface area contributed by atoms with Crippen LogP contribution in [-0.4, -0.2) is 0 Å². The SMILES string of the molecule is CC.CCCC1CCC2C3=C1C(CCC)C1=C4C(CCC1CCC)C1CCCC(C)=C1C(C(=C(C)C)C2CCC)C34. The molecule has 2 saturated carbocycles. The van der Waals surface area contributed by atoms with E-state index >= 15 is 0 Å². The number of hydrogen-bond acceptors (Lipinski definition) is 0. The molecule has 9 atom stereocenters. The van der Waals surface area contributed by atoms with Gasteiger partial charge in [0.1, 0.15) is 0 Å². The van der Waals surface area contributed by atoms with Crippen LogP contribution >= 0.6 is 0 Å². The van der Waals surface area contributed by atoms with Crippen molar-refractivity contribution in [2.24, 2.45) is 53.3 Å². The molecular weight excluding hydrogens is 492 g/mol. The molecule has 230 valence electrons. The molecule has 0 aromatic carbocycles. The summed E-state index contributed by atoms with van der Waals surface area (Å²) in [5, 5.41) is 0. The summed E-state index contributed by atoms with van der Waals surface area (Å²) in [5.74, 6) is 7.33. The highest BCUT2D eigenvalue weighted by atomic mass is 14.6. The minimum Gasteiger partial charge on any atom is -0.0763 e. The Morgan fingerprint density at radius 3 is 1.68 bits per heavy atom. The van der Waals surface area contributed by atoms with Gasteiger partial charge < -0.3 is 0 Å². The minimum absolute atomic E-state index is 0.711. The van der Waals surface area contributed by atoms with Gasteiger partial charge in [0.2, 0.25) is 0 Å². The molecular formula is C41H66. The van der Waals surface area contributed by atoms with Crippen LogP contribution in [0, 0.1) is 53.3 Å². The quantitative estimate of drug-likeness (QED) is 0.260. The summed E-state index contributed by atoms with van der Waals surface area (Å²) in [5.41, 5.74) is 15.7. The van der Waals surface area contributed by atoms with Crippen LogP contribution in [0.1, 0.15) is 159 Å². The molecule has 0 heteroatoms. The second kappa shape index (κ2) is 13.3. The average molecular weight is 559 g/mol. The first kappa shape index (κ1) is 31.4. The van der Waals surface area contributed by atoms with Crippen molar-refractivity contribution in [2.45, 2.75) is 159 Å². The highest BCUT2D eigenvalue weighted by Gasteiger charge is 2.59. The maximum Gasteiger partial charge on any atom is 0.0122 e. The maximum atomic E-state index is 2.57. The predicted molar refractivity (Wildman–Crippen MR) is 180 cm³/mol. The molecule has 41 heavy (non-hydrogen) atoms. The van der Waals surface area contributed by atoms with Crippen LogP contribution in [0.25, 0.3) is 0 Å². The molecule has 0 N–H and O–H groups in total. The van der Waals surface area contributed by atoms with E-state index in [2.05, 4.69) is 70.8 Å². The fraction of sp³-hybridized carbons (Fsp3) is 0.805. The Kier molecular flexibility index (Phi) is 10.2. The Labute approximate surface area is 256 Å². The van der Waals surface area contributed by atoms with Crippen molar-refractivity contribution in [1.82, 2.24) is 0 Å². The second-order valence-electron chi connectivity index (χ2n) is 15.0. The van der Waals surface area contributed by atoms with Crippen LogP contribution in [0.2, 0.25) is 0 Å². The molecule has 0 radical (unpaired) electrons. The van der Waals surface area contributed by atoms with Gasteiger partial charge in [-0.2, -0.15) is 0 Å². The zero-order valence-electron chi connectivity index (χ0n) is 28.8. The van der Waals surface area contributed by atoms with Gasteiger partial charge in [-0.3, -0.25) is 0 Å². The van der Waals surface area contributed by atoms with Crippen molar-refractivity contribution in [2.75, 3.05) is 0 Å². The van der Waals surface area contributed by atoms with Gasteiger partial charge in [-0.25, -0.2) is 0 Å². The lowest BCUT2D eigenvalue weighted by atomic mass is 9.41. The highest BCUT2D eigenvalue weighted by molar-refractivity contribution is 5.57. The zero-order chi connectivity index (χ0) is 29.4. The first-order chi connectivity index (χ1) is 20.0. The third-order valence-electron chi connectivity index (χ3n) is 12.8. The second-order valence-corrected chi connectivity index (χ2v) is 15.0. The van der Waals surface area contributed by atoms with E-state index in [1.807, 2.05) is 30.6 Å². The summed E-state index contributed by atoms with van der Waals surface area (Å²) in [4.78, 5) is 0. The Morgan fingerprint density at radius 1 is 0.585 bits per heavy atom. The molecule has 2 fully saturated rings. The molecule has 0 heterocycles. The summed E-state index contributed by atoms with van der Waals surface area (Å²) in [6.07, 6.45) is 21.3. The van der Waals surface area contributed by atoms with Crippen molar-refractivity contribution in [3.05, 3.63) is 44.6 Å². The third kappa shape index (κ3) is 5.02. The van der Waals surface area contributed by atoms with E-state index in [0.29, 0.717) is 5.92 Å². The molecule has 6 rings (SSSR count). The van der Waals surface area contributed by atoms with E-state index in [0.717, 1.165) is 47.3 Å². The first-order valence-corrected chi connectivity index (χ1v) is 18.8. The van der Waals surface area contributed by atoms with Gasteiger partial charge in [-0.1, -0.05) is 112 Å². The molecule has 0 bridgehead atoms. The van der Waals surface area contributed by atoms with Crippen molar-refractivity contribution in [3.8, 4) is 0 Å². The predicted octanol–water partition coefficient (Wildman–Crippen LogP) is 12.8. The van der Waals surface area contributed by atoms with Gasteiger partial charge in [-0.05, 0) is 127 Å². The lowest BCUT2D eigenvalue weighted by molar-refractivity contribution is 0.145. The molecule has 0 aromatic rings. The van der Waals surface area contributed by atoms with Gasteiger partial charge >= 0.3 is 0 Å². The standard InChI is InChI=1S/C39H60.C2H6/c1-8-13-25-19-21-29-27(15-10-3)32(23(5)6)38-33-24(7)17-12-18-28(33)30-22-20-26(14-9-2)35-31(16-11-4)34(25)36(29)39(38)37(30)35;1-2/h25-31,38-39H,8-22H2,1-7H3;1-2H3. The monoisotopic (exact) mass is 559 g/mol. The van der Waals surface area contributed by atoms with Crippen LogP contribution in [0.15, 0.2) is 44.6 Å². The largest absolute Gasteiger partial charge is 0.0763 e. The van der Waals surface area contributed by atoms with Crippen LogP contribution in [0.5, 0.6) is 0 Å². The van der Waals surface area contributed by atoms with Crippen molar-refractivity contribution in [1.29, 1.82) is 0 Å². The van der Waals surface area contributed by atoms with Crippen LogP contribution < -0.4 is 0 Å². The zero-order valence-corrected chi connectivity index (χ0v) is 28.8. The van der Waals surface area contributed by atoms with Gasteiger partial charge in [0.25, 0.3) is 0 Å². The summed E-state index contributed by atoms with van der Waals surface area (Å²) in [6, 6.07) is 0. The summed E-state index contributed by atoms with van der Waals surface area (Å²) in [7, 11) is 0. The number of hydrogen-bond donors (Lipinski definition) is 0. The van der Waals surface area contributed by atoms with E-state index in [1.165, 1.54) is 96.3 Å². The molecule has 0 aliphatic heterocycles. The van der Waals surface area contributed by atoms with E-state index < -0.39 is 0 Å². The maximum absolute atomic E-state index is 2.57. The molecule has 0 spiro atoms. The number of rotatable bonds is 8. The van der Waals surface area contributed by atoms with Crippen LogP contribution in [-0.2, 0) is 0 Å². The molecule has 0 nitrogen and oxygen atoms in total. The highest BCUT2D eigenvalue weighted by Crippen LogP contribution is 2.70. The fourth-order valence-corrected chi connectivity index (χ4v) is 11.9. The lowest BCUT2D eigenvalue weighted by Crippen LogP contribution is -2.53. The normalized spacial score (nSPS) is 37.4. The molecule has 9 unspecified atom stereocenters. The number of fused-ring (bicyclic) bond motifs is 3. The molecule has 0 saturated heterocycles. The Morgan fingerprint density at radius 2 is 1.12 bits per heavy atom. The van der Waals surface area contributed by atoms with Crippen molar-refractivity contribution in [3.63, 3.8) is 0 Å².